The summed E-state index contributed by atoms with van der Waals surface area (Å²) in [7, 11) is 0. The van der Waals surface area contributed by atoms with Crippen molar-refractivity contribution in [3.8, 4) is 0 Å². The number of nitrogens with zero attached hydrogens (tertiary/aromatic N) is 2. The summed E-state index contributed by atoms with van der Waals surface area (Å²) in [5.74, 6) is 0. The van der Waals surface area contributed by atoms with E-state index in [1.807, 2.05) is 16.9 Å². The van der Waals surface area contributed by atoms with E-state index < -0.39 is 0 Å². The van der Waals surface area contributed by atoms with Gasteiger partial charge in [-0.15, -0.1) is 11.3 Å². The quantitative estimate of drug-likeness (QED) is 0.767. The van der Waals surface area contributed by atoms with Crippen LogP contribution in [0.4, 0.5) is 5.69 Å². The van der Waals surface area contributed by atoms with Crippen molar-refractivity contribution in [2.75, 3.05) is 5.32 Å². The number of hydrogen-bond acceptors (Lipinski definition) is 3. The van der Waals surface area contributed by atoms with Crippen LogP contribution in [-0.2, 0) is 13.1 Å². The Morgan fingerprint density at radius 1 is 1.11 bits per heavy atom. The van der Waals surface area contributed by atoms with Crippen LogP contribution in [0.1, 0.15) is 10.4 Å². The molecule has 0 spiro atoms. The molecule has 0 radical (unpaired) electrons. The van der Waals surface area contributed by atoms with Crippen molar-refractivity contribution >= 4 is 17.0 Å². The summed E-state index contributed by atoms with van der Waals surface area (Å²) in [6, 6.07) is 14.7. The van der Waals surface area contributed by atoms with Gasteiger partial charge < -0.3 is 5.32 Å². The minimum absolute atomic E-state index is 0.818. The molecular weight excluding hydrogens is 254 g/mol. The van der Waals surface area contributed by atoms with E-state index in [0.29, 0.717) is 0 Å². The maximum Gasteiger partial charge on any atom is 0.0659 e. The molecule has 0 aliphatic carbocycles. The zero-order chi connectivity index (χ0) is 12.9. The highest BCUT2D eigenvalue weighted by Crippen LogP contribution is 2.14. The normalized spacial score (nSPS) is 10.5. The molecule has 3 rings (SSSR count). The fraction of sp³-hybridized carbons (Fsp3) is 0.133. The third-order valence-electron chi connectivity index (χ3n) is 2.90. The average Bonchev–Trinajstić information content (AvgIpc) is 3.11. The molecule has 0 bridgehead atoms. The molecule has 19 heavy (non-hydrogen) atoms. The van der Waals surface area contributed by atoms with Crippen LogP contribution in [-0.4, -0.2) is 9.78 Å². The lowest BCUT2D eigenvalue weighted by atomic mass is 10.2. The first kappa shape index (κ1) is 12.0. The summed E-state index contributed by atoms with van der Waals surface area (Å²) in [4.78, 5) is 1.35. The van der Waals surface area contributed by atoms with Crippen LogP contribution < -0.4 is 5.32 Å². The molecule has 0 unspecified atom stereocenters. The second-order valence-corrected chi connectivity index (χ2v) is 5.37. The molecule has 0 amide bonds. The van der Waals surface area contributed by atoms with Gasteiger partial charge in [-0.05, 0) is 35.2 Å². The van der Waals surface area contributed by atoms with Gasteiger partial charge in [-0.3, -0.25) is 4.68 Å². The Bertz CT molecular complexity index is 597. The first-order valence-electron chi connectivity index (χ1n) is 6.23. The third kappa shape index (κ3) is 3.23. The zero-order valence-electron chi connectivity index (χ0n) is 10.5. The van der Waals surface area contributed by atoms with E-state index in [2.05, 4.69) is 52.2 Å². The van der Waals surface area contributed by atoms with E-state index in [0.717, 1.165) is 18.8 Å². The summed E-state index contributed by atoms with van der Waals surface area (Å²) in [6.07, 6.45) is 3.78. The molecule has 0 saturated heterocycles. The van der Waals surface area contributed by atoms with E-state index in [1.54, 1.807) is 17.5 Å². The number of anilines is 1. The average molecular weight is 269 g/mol. The van der Waals surface area contributed by atoms with Gasteiger partial charge in [-0.25, -0.2) is 0 Å². The summed E-state index contributed by atoms with van der Waals surface area (Å²) in [5, 5.41) is 9.73. The molecule has 0 fully saturated rings. The molecule has 1 N–H and O–H groups in total. The van der Waals surface area contributed by atoms with Crippen molar-refractivity contribution in [2.24, 2.45) is 0 Å². The van der Waals surface area contributed by atoms with E-state index in [4.69, 9.17) is 0 Å². The Kier molecular flexibility index (Phi) is 3.61. The van der Waals surface area contributed by atoms with Crippen LogP contribution in [0.25, 0.3) is 0 Å². The first-order valence-corrected chi connectivity index (χ1v) is 7.11. The van der Waals surface area contributed by atoms with Gasteiger partial charge in [-0.1, -0.05) is 18.2 Å². The number of thiophene rings is 1. The van der Waals surface area contributed by atoms with Crippen LogP contribution in [0, 0.1) is 0 Å². The second-order valence-electron chi connectivity index (χ2n) is 4.33. The molecule has 2 aromatic heterocycles. The highest BCUT2D eigenvalue weighted by atomic mass is 32.1. The van der Waals surface area contributed by atoms with Gasteiger partial charge in [0.15, 0.2) is 0 Å². The smallest absolute Gasteiger partial charge is 0.0659 e. The Morgan fingerprint density at radius 2 is 2.00 bits per heavy atom. The highest BCUT2D eigenvalue weighted by Gasteiger charge is 1.97. The topological polar surface area (TPSA) is 29.9 Å². The molecule has 0 aliphatic heterocycles. The van der Waals surface area contributed by atoms with Crippen LogP contribution in [0.15, 0.2) is 60.2 Å². The summed E-state index contributed by atoms with van der Waals surface area (Å²) >= 11 is 1.77. The van der Waals surface area contributed by atoms with Crippen LogP contribution in [0.2, 0.25) is 0 Å². The van der Waals surface area contributed by atoms with Gasteiger partial charge in [0.2, 0.25) is 0 Å². The molecule has 96 valence electrons. The van der Waals surface area contributed by atoms with E-state index in [9.17, 15) is 0 Å². The monoisotopic (exact) mass is 269 g/mol. The Balaban J connectivity index is 1.59. The molecule has 4 heteroatoms. The molecule has 3 aromatic rings. The first-order chi connectivity index (χ1) is 9.40. The summed E-state index contributed by atoms with van der Waals surface area (Å²) in [6.45, 7) is 1.70. The number of benzene rings is 1. The van der Waals surface area contributed by atoms with Crippen molar-refractivity contribution < 1.29 is 0 Å². The van der Waals surface area contributed by atoms with Gasteiger partial charge in [0, 0.05) is 29.5 Å². The summed E-state index contributed by atoms with van der Waals surface area (Å²) < 4.78 is 1.92. The van der Waals surface area contributed by atoms with E-state index >= 15 is 0 Å². The molecule has 0 saturated carbocycles. The zero-order valence-corrected chi connectivity index (χ0v) is 11.3. The van der Waals surface area contributed by atoms with Gasteiger partial charge in [0.25, 0.3) is 0 Å². The minimum Gasteiger partial charge on any atom is -0.380 e. The van der Waals surface area contributed by atoms with Crippen molar-refractivity contribution in [1.82, 2.24) is 9.78 Å². The Hall–Kier alpha value is -2.07. The highest BCUT2D eigenvalue weighted by molar-refractivity contribution is 7.09. The molecule has 0 aliphatic rings. The fourth-order valence-corrected chi connectivity index (χ4v) is 2.56. The molecular formula is C15H15N3S. The van der Waals surface area contributed by atoms with Crippen LogP contribution in [0.5, 0.6) is 0 Å². The van der Waals surface area contributed by atoms with Gasteiger partial charge in [0.1, 0.15) is 0 Å². The van der Waals surface area contributed by atoms with Crippen molar-refractivity contribution in [1.29, 1.82) is 0 Å². The van der Waals surface area contributed by atoms with Crippen molar-refractivity contribution in [2.45, 2.75) is 13.1 Å². The van der Waals surface area contributed by atoms with Gasteiger partial charge in [-0.2, -0.15) is 5.10 Å². The van der Waals surface area contributed by atoms with Crippen LogP contribution in [0.3, 0.4) is 0 Å². The minimum atomic E-state index is 0.818. The number of nitrogens with one attached hydrogen (secondary N) is 1. The lowest BCUT2D eigenvalue weighted by Crippen LogP contribution is -2.01. The molecule has 0 atom stereocenters. The van der Waals surface area contributed by atoms with Crippen molar-refractivity contribution in [3.63, 3.8) is 0 Å². The second kappa shape index (κ2) is 5.71. The predicted octanol–water partition coefficient (Wildman–Crippen LogP) is 3.61. The van der Waals surface area contributed by atoms with Gasteiger partial charge in [0.05, 0.1) is 6.54 Å². The SMILES string of the molecule is c1csc(CNc2ccc(Cn3cccn3)cc2)c1. The van der Waals surface area contributed by atoms with Gasteiger partial charge >= 0.3 is 0 Å². The maximum absolute atomic E-state index is 4.21. The van der Waals surface area contributed by atoms with E-state index in [-0.39, 0.29) is 0 Å². The van der Waals surface area contributed by atoms with Crippen molar-refractivity contribution in [3.05, 3.63) is 70.7 Å². The Morgan fingerprint density at radius 3 is 2.68 bits per heavy atom. The fourth-order valence-electron chi connectivity index (χ4n) is 1.91. The van der Waals surface area contributed by atoms with E-state index in [1.165, 1.54) is 10.4 Å². The lowest BCUT2D eigenvalue weighted by Gasteiger charge is -2.06. The largest absolute Gasteiger partial charge is 0.380 e. The third-order valence-corrected chi connectivity index (χ3v) is 3.78. The van der Waals surface area contributed by atoms with Crippen LogP contribution >= 0.6 is 11.3 Å². The number of aromatic nitrogens is 2. The number of hydrogen-bond donors (Lipinski definition) is 1. The maximum atomic E-state index is 4.21. The lowest BCUT2D eigenvalue weighted by molar-refractivity contribution is 0.687. The predicted molar refractivity (Wildman–Crippen MR) is 79.4 cm³/mol. The standard InChI is InChI=1S/C15H15N3S/c1-3-15(19-10-1)11-16-14-6-4-13(5-7-14)12-18-9-2-8-17-18/h1-10,16H,11-12H2. The Labute approximate surface area is 116 Å². The molecule has 1 aromatic carbocycles. The molecule has 2 heterocycles. The molecule has 3 nitrogen and oxygen atoms in total. The summed E-state index contributed by atoms with van der Waals surface area (Å²) in [5.41, 5.74) is 2.41. The number of rotatable bonds is 5.